The second-order valence-corrected chi connectivity index (χ2v) is 4.90. The first-order valence-corrected chi connectivity index (χ1v) is 6.33. The number of nitrogens with zero attached hydrogens (tertiary/aromatic N) is 2. The van der Waals surface area contributed by atoms with Gasteiger partial charge in [-0.3, -0.25) is 4.79 Å². The van der Waals surface area contributed by atoms with Crippen molar-refractivity contribution in [3.05, 3.63) is 29.6 Å². The van der Waals surface area contributed by atoms with Crippen LogP contribution in [0.25, 0.3) is 0 Å². The van der Waals surface area contributed by atoms with Gasteiger partial charge in [-0.05, 0) is 37.0 Å². The third-order valence-electron chi connectivity index (χ3n) is 3.43. The van der Waals surface area contributed by atoms with E-state index in [-0.39, 0.29) is 11.8 Å². The number of hydrogen-bond acceptors (Lipinski definition) is 3. The summed E-state index contributed by atoms with van der Waals surface area (Å²) < 4.78 is 13.1. The van der Waals surface area contributed by atoms with Crippen LogP contribution >= 0.6 is 0 Å². The Morgan fingerprint density at radius 3 is 3.05 bits per heavy atom. The van der Waals surface area contributed by atoms with Crippen LogP contribution in [0.5, 0.6) is 0 Å². The van der Waals surface area contributed by atoms with Gasteiger partial charge in [0.15, 0.2) is 0 Å². The van der Waals surface area contributed by atoms with Crippen LogP contribution in [0.1, 0.15) is 24.8 Å². The lowest BCUT2D eigenvalue weighted by atomic mass is 9.93. The lowest BCUT2D eigenvalue weighted by Gasteiger charge is -2.34. The van der Waals surface area contributed by atoms with E-state index in [2.05, 4.69) is 0 Å². The number of nitrogens with two attached hydrogens (primary N) is 1. The molecule has 2 rings (SSSR count). The molecule has 19 heavy (non-hydrogen) atoms. The van der Waals surface area contributed by atoms with Crippen LogP contribution in [0.4, 0.5) is 10.1 Å². The lowest BCUT2D eigenvalue weighted by molar-refractivity contribution is -0.118. The number of benzene rings is 1. The van der Waals surface area contributed by atoms with Gasteiger partial charge in [0.2, 0.25) is 5.91 Å². The highest BCUT2D eigenvalue weighted by atomic mass is 19.1. The van der Waals surface area contributed by atoms with Crippen molar-refractivity contribution in [2.75, 3.05) is 18.0 Å². The third-order valence-corrected chi connectivity index (χ3v) is 3.43. The number of rotatable bonds is 3. The van der Waals surface area contributed by atoms with E-state index >= 15 is 0 Å². The highest BCUT2D eigenvalue weighted by molar-refractivity contribution is 5.74. The first kappa shape index (κ1) is 13.3. The summed E-state index contributed by atoms with van der Waals surface area (Å²) >= 11 is 0. The van der Waals surface area contributed by atoms with Gasteiger partial charge in [-0.25, -0.2) is 4.39 Å². The summed E-state index contributed by atoms with van der Waals surface area (Å²) in [6.07, 6.45) is 2.27. The zero-order valence-electron chi connectivity index (χ0n) is 10.6. The third kappa shape index (κ3) is 3.22. The van der Waals surface area contributed by atoms with E-state index in [1.165, 1.54) is 12.1 Å². The van der Waals surface area contributed by atoms with Gasteiger partial charge in [-0.1, -0.05) is 0 Å². The number of nitriles is 1. The molecule has 1 unspecified atom stereocenters. The summed E-state index contributed by atoms with van der Waals surface area (Å²) in [6.45, 7) is 1.50. The van der Waals surface area contributed by atoms with Crippen molar-refractivity contribution in [3.63, 3.8) is 0 Å². The molecule has 0 aromatic heterocycles. The number of primary amides is 1. The van der Waals surface area contributed by atoms with Gasteiger partial charge in [0, 0.05) is 19.5 Å². The molecule has 1 aromatic carbocycles. The average Bonchev–Trinajstić information content (AvgIpc) is 2.38. The summed E-state index contributed by atoms with van der Waals surface area (Å²) in [7, 11) is 0. The van der Waals surface area contributed by atoms with Gasteiger partial charge >= 0.3 is 0 Å². The molecular weight excluding hydrogens is 245 g/mol. The molecule has 0 bridgehead atoms. The van der Waals surface area contributed by atoms with E-state index in [4.69, 9.17) is 11.0 Å². The Morgan fingerprint density at radius 1 is 1.58 bits per heavy atom. The molecule has 1 aliphatic rings. The first-order valence-electron chi connectivity index (χ1n) is 6.33. The van der Waals surface area contributed by atoms with Crippen LogP contribution in [0.2, 0.25) is 0 Å². The van der Waals surface area contributed by atoms with E-state index < -0.39 is 5.82 Å². The second kappa shape index (κ2) is 5.70. The average molecular weight is 261 g/mol. The molecule has 100 valence electrons. The molecule has 5 heteroatoms. The minimum Gasteiger partial charge on any atom is -0.370 e. The molecule has 0 radical (unpaired) electrons. The Hall–Kier alpha value is -2.09. The SMILES string of the molecule is N#Cc1cc(F)ccc1N1CCCC(CC(N)=O)C1. The van der Waals surface area contributed by atoms with Crippen LogP contribution in [-0.2, 0) is 4.79 Å². The Morgan fingerprint density at radius 2 is 2.37 bits per heavy atom. The summed E-state index contributed by atoms with van der Waals surface area (Å²) in [6, 6.07) is 6.24. The molecule has 0 spiro atoms. The predicted octanol–water partition coefficient (Wildman–Crippen LogP) is 1.79. The fourth-order valence-electron chi connectivity index (χ4n) is 2.61. The smallest absolute Gasteiger partial charge is 0.217 e. The predicted molar refractivity (Wildman–Crippen MR) is 69.9 cm³/mol. The fourth-order valence-corrected chi connectivity index (χ4v) is 2.61. The van der Waals surface area contributed by atoms with Gasteiger partial charge in [0.1, 0.15) is 11.9 Å². The van der Waals surface area contributed by atoms with E-state index in [1.54, 1.807) is 6.07 Å². The summed E-state index contributed by atoms with van der Waals surface area (Å²) in [5, 5.41) is 9.07. The quantitative estimate of drug-likeness (QED) is 0.901. The molecule has 4 nitrogen and oxygen atoms in total. The summed E-state index contributed by atoms with van der Waals surface area (Å²) in [4.78, 5) is 13.0. The molecule has 1 fully saturated rings. The van der Waals surface area contributed by atoms with Crippen molar-refractivity contribution >= 4 is 11.6 Å². The molecule has 0 aliphatic carbocycles. The minimum absolute atomic E-state index is 0.211. The molecule has 2 N–H and O–H groups in total. The van der Waals surface area contributed by atoms with Crippen molar-refractivity contribution in [2.24, 2.45) is 11.7 Å². The van der Waals surface area contributed by atoms with Crippen molar-refractivity contribution < 1.29 is 9.18 Å². The maximum absolute atomic E-state index is 13.1. The number of piperidine rings is 1. The van der Waals surface area contributed by atoms with Crippen LogP contribution in [0, 0.1) is 23.1 Å². The number of carbonyl (C=O) groups is 1. The van der Waals surface area contributed by atoms with Crippen molar-refractivity contribution in [2.45, 2.75) is 19.3 Å². The van der Waals surface area contributed by atoms with E-state index in [0.29, 0.717) is 18.5 Å². The molecule has 1 heterocycles. The number of amides is 1. The fraction of sp³-hybridized carbons (Fsp3) is 0.429. The number of carbonyl (C=O) groups excluding carboxylic acids is 1. The van der Waals surface area contributed by atoms with Crippen LogP contribution < -0.4 is 10.6 Å². The van der Waals surface area contributed by atoms with Gasteiger partial charge in [-0.15, -0.1) is 0 Å². The van der Waals surface area contributed by atoms with Crippen molar-refractivity contribution in [3.8, 4) is 6.07 Å². The second-order valence-electron chi connectivity index (χ2n) is 4.90. The largest absolute Gasteiger partial charge is 0.370 e. The minimum atomic E-state index is -0.411. The van der Waals surface area contributed by atoms with E-state index in [9.17, 15) is 9.18 Å². The van der Waals surface area contributed by atoms with Crippen LogP contribution in [-0.4, -0.2) is 19.0 Å². The Labute approximate surface area is 111 Å². The Kier molecular flexibility index (Phi) is 4.00. The van der Waals surface area contributed by atoms with Gasteiger partial charge in [-0.2, -0.15) is 5.26 Å². The molecule has 1 aromatic rings. The van der Waals surface area contributed by atoms with Crippen molar-refractivity contribution in [1.29, 1.82) is 5.26 Å². The molecule has 1 saturated heterocycles. The van der Waals surface area contributed by atoms with E-state index in [0.717, 1.165) is 25.1 Å². The number of halogens is 1. The maximum Gasteiger partial charge on any atom is 0.217 e. The van der Waals surface area contributed by atoms with Crippen LogP contribution in [0.15, 0.2) is 18.2 Å². The molecule has 1 aliphatic heterocycles. The standard InChI is InChI=1S/C14H16FN3O/c15-12-3-4-13(11(7-12)8-16)18-5-1-2-10(9-18)6-14(17)19/h3-4,7,10H,1-2,5-6,9H2,(H2,17,19). The topological polar surface area (TPSA) is 70.1 Å². The molecule has 1 amide bonds. The molecule has 0 saturated carbocycles. The van der Waals surface area contributed by atoms with Crippen molar-refractivity contribution in [1.82, 2.24) is 0 Å². The zero-order valence-corrected chi connectivity index (χ0v) is 10.6. The Bertz CT molecular complexity index is 524. The highest BCUT2D eigenvalue weighted by Crippen LogP contribution is 2.27. The summed E-state index contributed by atoms with van der Waals surface area (Å²) in [5.41, 5.74) is 6.29. The summed E-state index contributed by atoms with van der Waals surface area (Å²) in [5.74, 6) is -0.500. The number of hydrogen-bond donors (Lipinski definition) is 1. The maximum atomic E-state index is 13.1. The lowest BCUT2D eigenvalue weighted by Crippen LogP contribution is -2.37. The van der Waals surface area contributed by atoms with Gasteiger partial charge in [0.25, 0.3) is 0 Å². The highest BCUT2D eigenvalue weighted by Gasteiger charge is 2.23. The van der Waals surface area contributed by atoms with Gasteiger partial charge < -0.3 is 10.6 Å². The normalized spacial score (nSPS) is 18.9. The van der Waals surface area contributed by atoms with E-state index in [1.807, 2.05) is 11.0 Å². The van der Waals surface area contributed by atoms with Crippen LogP contribution in [0.3, 0.4) is 0 Å². The molecule has 1 atom stereocenters. The first-order chi connectivity index (χ1) is 9.10. The zero-order chi connectivity index (χ0) is 13.8. The van der Waals surface area contributed by atoms with Gasteiger partial charge in [0.05, 0.1) is 11.3 Å². The number of anilines is 1. The Balaban J connectivity index is 2.17. The monoisotopic (exact) mass is 261 g/mol. The molecular formula is C14H16FN3O.